The summed E-state index contributed by atoms with van der Waals surface area (Å²) >= 11 is 0. The number of carbonyl (C=O) groups excluding carboxylic acids is 2. The summed E-state index contributed by atoms with van der Waals surface area (Å²) in [6.07, 6.45) is -0.229. The fraction of sp³-hybridized carbons (Fsp3) is 0.200. The Bertz CT molecular complexity index is 148. The van der Waals surface area contributed by atoms with Gasteiger partial charge in [0.15, 0.2) is 0 Å². The smallest absolute Gasteiger partial charge is 0.251 e. The van der Waals surface area contributed by atoms with Crippen molar-refractivity contribution in [3.63, 3.8) is 0 Å². The summed E-state index contributed by atoms with van der Waals surface area (Å²) in [5.74, 6) is -0.968. The summed E-state index contributed by atoms with van der Waals surface area (Å²) in [5.41, 5.74) is 0. The largest absolute Gasteiger partial charge is 0.272 e. The molecule has 1 aliphatic rings. The Hall–Kier alpha value is -1.06. The van der Waals surface area contributed by atoms with Gasteiger partial charge in [-0.1, -0.05) is 0 Å². The van der Waals surface area contributed by atoms with Crippen LogP contribution in [0.15, 0.2) is 0 Å². The lowest BCUT2D eigenvalue weighted by atomic mass is 10.4. The van der Waals surface area contributed by atoms with Crippen LogP contribution in [0.4, 0.5) is 0 Å². The van der Waals surface area contributed by atoms with Gasteiger partial charge in [0.1, 0.15) is 20.5 Å². The minimum atomic E-state index is -0.484. The van der Waals surface area contributed by atoms with Gasteiger partial charge in [-0.25, -0.2) is 10.0 Å². The van der Waals surface area contributed by atoms with Crippen LogP contribution in [0.1, 0.15) is 6.42 Å². The number of hydrogen-bond acceptors (Lipinski definition) is 2. The molecule has 1 saturated heterocycles. The Morgan fingerprint density at radius 3 is 1.56 bits per heavy atom. The molecule has 2 amide bonds. The van der Waals surface area contributed by atoms with Crippen LogP contribution in [0.5, 0.6) is 0 Å². The first kappa shape index (κ1) is 6.07. The highest BCUT2D eigenvalue weighted by Crippen LogP contribution is 2.09. The Balaban J connectivity index is 2.77. The predicted molar refractivity (Wildman–Crippen MR) is 26.9 cm³/mol. The Morgan fingerprint density at radius 1 is 1.11 bits per heavy atom. The lowest BCUT2D eigenvalue weighted by Crippen LogP contribution is -2.30. The van der Waals surface area contributed by atoms with E-state index in [0.29, 0.717) is 10.0 Å². The molecule has 0 aliphatic carbocycles. The standard InChI is InChI=1S/C5H4N2O2/c1-6-4(8)3-5(9)7(6)2/h1-2H,3H2. The van der Waals surface area contributed by atoms with Gasteiger partial charge >= 0.3 is 0 Å². The average molecular weight is 124 g/mol. The van der Waals surface area contributed by atoms with Gasteiger partial charge in [0.25, 0.3) is 11.8 Å². The Kier molecular flexibility index (Phi) is 1.16. The van der Waals surface area contributed by atoms with E-state index in [0.717, 1.165) is 0 Å². The van der Waals surface area contributed by atoms with E-state index < -0.39 is 11.8 Å². The topological polar surface area (TPSA) is 40.6 Å². The monoisotopic (exact) mass is 124 g/mol. The first-order valence-corrected chi connectivity index (χ1v) is 2.28. The van der Waals surface area contributed by atoms with Crippen LogP contribution in [0.3, 0.4) is 0 Å². The van der Waals surface area contributed by atoms with Crippen molar-refractivity contribution in [1.82, 2.24) is 10.0 Å². The zero-order chi connectivity index (χ0) is 7.02. The summed E-state index contributed by atoms with van der Waals surface area (Å²) in [7, 11) is 9.95. The van der Waals surface area contributed by atoms with Gasteiger partial charge in [0.2, 0.25) is 0 Å². The summed E-state index contributed by atoms with van der Waals surface area (Å²) in [5, 5.41) is 1.17. The zero-order valence-electron chi connectivity index (χ0n) is 4.57. The molecular formula is C5H4N2O2. The van der Waals surface area contributed by atoms with E-state index in [1.54, 1.807) is 0 Å². The Morgan fingerprint density at radius 2 is 1.44 bits per heavy atom. The second-order valence-electron chi connectivity index (χ2n) is 1.65. The van der Waals surface area contributed by atoms with Gasteiger partial charge in [-0.2, -0.15) is 0 Å². The SMILES string of the molecule is [CH]N1C(=O)CC(=O)N1[CH]. The van der Waals surface area contributed by atoms with Gasteiger partial charge in [-0.3, -0.25) is 9.59 Å². The highest BCUT2D eigenvalue weighted by Gasteiger charge is 2.30. The van der Waals surface area contributed by atoms with Gasteiger partial charge in [-0.05, 0) is 0 Å². The molecule has 0 saturated carbocycles. The van der Waals surface area contributed by atoms with E-state index in [1.807, 2.05) is 0 Å². The van der Waals surface area contributed by atoms with Gasteiger partial charge in [0.05, 0.1) is 0 Å². The summed E-state index contributed by atoms with van der Waals surface area (Å²) in [6, 6.07) is 0. The summed E-state index contributed by atoms with van der Waals surface area (Å²) in [4.78, 5) is 20.9. The number of hydrazine groups is 1. The second kappa shape index (κ2) is 1.72. The van der Waals surface area contributed by atoms with E-state index >= 15 is 0 Å². The van der Waals surface area contributed by atoms with Crippen LogP contribution in [-0.4, -0.2) is 21.8 Å². The van der Waals surface area contributed by atoms with Crippen LogP contribution >= 0.6 is 0 Å². The molecule has 1 heterocycles. The Labute approximate surface area is 53.0 Å². The lowest BCUT2D eigenvalue weighted by molar-refractivity contribution is -0.137. The highest BCUT2D eigenvalue weighted by molar-refractivity contribution is 6.02. The molecular weight excluding hydrogens is 120 g/mol. The van der Waals surface area contributed by atoms with Crippen LogP contribution in [0.25, 0.3) is 0 Å². The van der Waals surface area contributed by atoms with Crippen molar-refractivity contribution in [3.8, 4) is 0 Å². The first-order valence-electron chi connectivity index (χ1n) is 2.28. The molecule has 0 N–H and O–H groups in total. The van der Waals surface area contributed by atoms with Gasteiger partial charge in [0, 0.05) is 0 Å². The van der Waals surface area contributed by atoms with Crippen molar-refractivity contribution in [2.24, 2.45) is 0 Å². The number of nitrogens with zero attached hydrogens (tertiary/aromatic N) is 2. The van der Waals surface area contributed by atoms with Crippen molar-refractivity contribution in [2.75, 3.05) is 0 Å². The van der Waals surface area contributed by atoms with E-state index in [4.69, 9.17) is 14.1 Å². The number of amides is 2. The van der Waals surface area contributed by atoms with Crippen LogP contribution in [0.2, 0.25) is 0 Å². The molecule has 0 aromatic rings. The molecule has 9 heavy (non-hydrogen) atoms. The maximum absolute atomic E-state index is 10.5. The number of hydrogen-bond donors (Lipinski definition) is 0. The molecule has 0 aromatic carbocycles. The second-order valence-corrected chi connectivity index (χ2v) is 1.65. The lowest BCUT2D eigenvalue weighted by Gasteiger charge is -2.15. The molecule has 1 fully saturated rings. The molecule has 46 valence electrons. The quantitative estimate of drug-likeness (QED) is 0.400. The number of carbonyl (C=O) groups is 2. The van der Waals surface area contributed by atoms with Crippen LogP contribution < -0.4 is 0 Å². The predicted octanol–water partition coefficient (Wildman–Crippen LogP) is -0.701. The molecule has 4 nitrogen and oxygen atoms in total. The average Bonchev–Trinajstić information content (AvgIpc) is 1.98. The fourth-order valence-corrected chi connectivity index (χ4v) is 0.532. The van der Waals surface area contributed by atoms with Crippen LogP contribution in [-0.2, 0) is 9.59 Å². The third-order valence-electron chi connectivity index (χ3n) is 1.05. The highest BCUT2D eigenvalue weighted by atomic mass is 16.2. The van der Waals surface area contributed by atoms with Crippen molar-refractivity contribution in [2.45, 2.75) is 6.42 Å². The summed E-state index contributed by atoms with van der Waals surface area (Å²) in [6.45, 7) is 0. The molecule has 1 rings (SSSR count). The normalized spacial score (nSPS) is 19.8. The molecule has 4 radical (unpaired) electrons. The minimum absolute atomic E-state index is 0.229. The van der Waals surface area contributed by atoms with E-state index in [1.165, 1.54) is 0 Å². The molecule has 1 aliphatic heterocycles. The van der Waals surface area contributed by atoms with E-state index in [2.05, 4.69) is 0 Å². The summed E-state index contributed by atoms with van der Waals surface area (Å²) < 4.78 is 0. The van der Waals surface area contributed by atoms with E-state index in [9.17, 15) is 9.59 Å². The fourth-order valence-electron chi connectivity index (χ4n) is 0.532. The van der Waals surface area contributed by atoms with Crippen LogP contribution in [0, 0.1) is 14.1 Å². The molecule has 0 atom stereocenters. The third kappa shape index (κ3) is 0.759. The van der Waals surface area contributed by atoms with Gasteiger partial charge < -0.3 is 0 Å². The molecule has 4 heteroatoms. The molecule has 0 bridgehead atoms. The molecule has 0 unspecified atom stereocenters. The van der Waals surface area contributed by atoms with Gasteiger partial charge in [-0.15, -0.1) is 0 Å². The first-order chi connectivity index (χ1) is 4.13. The maximum atomic E-state index is 10.5. The number of rotatable bonds is 0. The van der Waals surface area contributed by atoms with Crippen molar-refractivity contribution in [1.29, 1.82) is 0 Å². The van der Waals surface area contributed by atoms with E-state index in [-0.39, 0.29) is 6.42 Å². The third-order valence-corrected chi connectivity index (χ3v) is 1.05. The zero-order valence-corrected chi connectivity index (χ0v) is 4.57. The van der Waals surface area contributed by atoms with Crippen molar-refractivity contribution in [3.05, 3.63) is 14.1 Å². The minimum Gasteiger partial charge on any atom is -0.272 e. The molecule has 0 spiro atoms. The molecule has 0 aromatic heterocycles. The van der Waals surface area contributed by atoms with Crippen molar-refractivity contribution < 1.29 is 9.59 Å². The maximum Gasteiger partial charge on any atom is 0.251 e. The van der Waals surface area contributed by atoms with Crippen molar-refractivity contribution >= 4 is 11.8 Å².